The Hall–Kier alpha value is -3.17. The highest BCUT2D eigenvalue weighted by Gasteiger charge is 2.20. The van der Waals surface area contributed by atoms with Crippen molar-refractivity contribution in [3.05, 3.63) is 29.7 Å². The number of nitrogens with one attached hydrogen (secondary N) is 1. The summed E-state index contributed by atoms with van der Waals surface area (Å²) in [6, 6.07) is 1.28. The molecule has 2 rings (SSSR count). The number of anilines is 1. The molecule has 1 amide bonds. The average molecular weight is 321 g/mol. The molecule has 0 aliphatic rings. The molecule has 0 unspecified atom stereocenters. The molecule has 2 aromatic rings. The van der Waals surface area contributed by atoms with Crippen LogP contribution >= 0.6 is 0 Å². The molecule has 0 aliphatic carbocycles. The highest BCUT2D eigenvalue weighted by atomic mass is 16.5. The zero-order valence-corrected chi connectivity index (χ0v) is 12.5. The van der Waals surface area contributed by atoms with Crippen LogP contribution in [0.2, 0.25) is 0 Å². The number of carbonyl (C=O) groups is 3. The number of aromatic nitrogens is 4. The minimum absolute atomic E-state index is 0.113. The Labute approximate surface area is 130 Å². The lowest BCUT2D eigenvalue weighted by Gasteiger charge is -2.09. The molecule has 0 fully saturated rings. The number of rotatable bonds is 6. The largest absolute Gasteiger partial charge is 0.477 e. The summed E-state index contributed by atoms with van der Waals surface area (Å²) in [7, 11) is 1.55. The monoisotopic (exact) mass is 321 g/mol. The Morgan fingerprint density at radius 3 is 2.74 bits per heavy atom. The smallest absolute Gasteiger partial charge is 0.354 e. The van der Waals surface area contributed by atoms with Gasteiger partial charge in [-0.15, -0.1) is 0 Å². The number of aromatic carboxylic acids is 1. The summed E-state index contributed by atoms with van der Waals surface area (Å²) in [6.45, 7) is 1.54. The van der Waals surface area contributed by atoms with Gasteiger partial charge in [0.15, 0.2) is 0 Å². The molecule has 0 radical (unpaired) electrons. The number of carbonyl (C=O) groups excluding carboxylic acids is 2. The van der Waals surface area contributed by atoms with Gasteiger partial charge in [0, 0.05) is 13.2 Å². The number of aryl methyl sites for hydroxylation is 1. The van der Waals surface area contributed by atoms with E-state index in [-0.39, 0.29) is 30.2 Å². The molecule has 10 heteroatoms. The molecule has 23 heavy (non-hydrogen) atoms. The Morgan fingerprint density at radius 1 is 1.35 bits per heavy atom. The standard InChI is InChI=1S/C13H15N5O5/c1-3-23-13(22)8-6-15-17(2)11(8)16-10(19)7-18-9(12(20)21)4-5-14-18/h4-6H,3,7H2,1-2H3,(H,16,19)(H,20,21). The molecule has 0 spiro atoms. The van der Waals surface area contributed by atoms with E-state index >= 15 is 0 Å². The first-order valence-corrected chi connectivity index (χ1v) is 6.68. The van der Waals surface area contributed by atoms with E-state index in [1.165, 1.54) is 23.1 Å². The number of ether oxygens (including phenoxy) is 1. The number of amides is 1. The van der Waals surface area contributed by atoms with Crippen LogP contribution < -0.4 is 5.32 Å². The van der Waals surface area contributed by atoms with Crippen molar-refractivity contribution in [1.82, 2.24) is 19.6 Å². The number of carboxylic acid groups (broad SMARTS) is 1. The summed E-state index contributed by atoms with van der Waals surface area (Å²) in [4.78, 5) is 34.9. The summed E-state index contributed by atoms with van der Waals surface area (Å²) in [5.74, 6) is -2.19. The summed E-state index contributed by atoms with van der Waals surface area (Å²) >= 11 is 0. The number of nitrogens with zero attached hydrogens (tertiary/aromatic N) is 4. The van der Waals surface area contributed by atoms with Crippen LogP contribution in [0.15, 0.2) is 18.5 Å². The Bertz CT molecular complexity index is 748. The predicted molar refractivity (Wildman–Crippen MR) is 77.0 cm³/mol. The quantitative estimate of drug-likeness (QED) is 0.723. The van der Waals surface area contributed by atoms with Crippen molar-refractivity contribution >= 4 is 23.7 Å². The second-order valence-electron chi connectivity index (χ2n) is 4.48. The van der Waals surface area contributed by atoms with E-state index in [4.69, 9.17) is 9.84 Å². The van der Waals surface area contributed by atoms with Crippen LogP contribution in [0, 0.1) is 0 Å². The molecule has 0 atom stereocenters. The third-order valence-corrected chi connectivity index (χ3v) is 2.92. The number of esters is 1. The van der Waals surface area contributed by atoms with Gasteiger partial charge in [0.25, 0.3) is 0 Å². The number of carboxylic acids is 1. The predicted octanol–water partition coefficient (Wildman–Crippen LogP) is 0.130. The molecule has 2 aromatic heterocycles. The van der Waals surface area contributed by atoms with Crippen molar-refractivity contribution in [3.63, 3.8) is 0 Å². The van der Waals surface area contributed by atoms with Crippen LogP contribution in [0.5, 0.6) is 0 Å². The Kier molecular flexibility index (Phi) is 4.74. The Balaban J connectivity index is 2.14. The van der Waals surface area contributed by atoms with E-state index in [9.17, 15) is 14.4 Å². The van der Waals surface area contributed by atoms with Crippen molar-refractivity contribution in [2.24, 2.45) is 7.05 Å². The lowest BCUT2D eigenvalue weighted by molar-refractivity contribution is -0.117. The lowest BCUT2D eigenvalue weighted by Crippen LogP contribution is -2.24. The number of hydrogen-bond donors (Lipinski definition) is 2. The van der Waals surface area contributed by atoms with E-state index in [2.05, 4.69) is 15.5 Å². The highest BCUT2D eigenvalue weighted by Crippen LogP contribution is 2.15. The van der Waals surface area contributed by atoms with Gasteiger partial charge in [0.05, 0.1) is 12.8 Å². The van der Waals surface area contributed by atoms with Gasteiger partial charge in [0.2, 0.25) is 5.91 Å². The normalized spacial score (nSPS) is 10.3. The molecule has 0 bridgehead atoms. The van der Waals surface area contributed by atoms with Crippen molar-refractivity contribution in [3.8, 4) is 0 Å². The van der Waals surface area contributed by atoms with E-state index in [0.717, 1.165) is 4.68 Å². The third kappa shape index (κ3) is 3.54. The van der Waals surface area contributed by atoms with Gasteiger partial charge in [0.1, 0.15) is 23.6 Å². The zero-order chi connectivity index (χ0) is 17.0. The summed E-state index contributed by atoms with van der Waals surface area (Å²) in [6.07, 6.45) is 2.56. The van der Waals surface area contributed by atoms with Crippen LogP contribution in [0.3, 0.4) is 0 Å². The first-order valence-electron chi connectivity index (χ1n) is 6.68. The summed E-state index contributed by atoms with van der Waals surface area (Å²) in [5.41, 5.74) is -0.00241. The fraction of sp³-hybridized carbons (Fsp3) is 0.308. The fourth-order valence-electron chi connectivity index (χ4n) is 1.89. The SMILES string of the molecule is CCOC(=O)c1cnn(C)c1NC(=O)Cn1nccc1C(=O)O. The molecule has 10 nitrogen and oxygen atoms in total. The lowest BCUT2D eigenvalue weighted by atomic mass is 10.3. The van der Waals surface area contributed by atoms with E-state index in [1.54, 1.807) is 14.0 Å². The molecular weight excluding hydrogens is 306 g/mol. The van der Waals surface area contributed by atoms with Gasteiger partial charge in [-0.3, -0.25) is 9.48 Å². The minimum atomic E-state index is -1.19. The first-order chi connectivity index (χ1) is 10.9. The van der Waals surface area contributed by atoms with Gasteiger partial charge in [-0.2, -0.15) is 10.2 Å². The molecule has 2 N–H and O–H groups in total. The van der Waals surface area contributed by atoms with Crippen molar-refractivity contribution in [2.45, 2.75) is 13.5 Å². The van der Waals surface area contributed by atoms with Crippen LogP contribution in [0.4, 0.5) is 5.82 Å². The van der Waals surface area contributed by atoms with Crippen molar-refractivity contribution in [1.29, 1.82) is 0 Å². The second kappa shape index (κ2) is 6.73. The van der Waals surface area contributed by atoms with Gasteiger partial charge >= 0.3 is 11.9 Å². The maximum Gasteiger partial charge on any atom is 0.354 e. The highest BCUT2D eigenvalue weighted by molar-refractivity contribution is 6.00. The zero-order valence-electron chi connectivity index (χ0n) is 12.5. The van der Waals surface area contributed by atoms with Crippen molar-refractivity contribution < 1.29 is 24.2 Å². The van der Waals surface area contributed by atoms with Gasteiger partial charge in [-0.1, -0.05) is 0 Å². The Morgan fingerprint density at radius 2 is 2.09 bits per heavy atom. The van der Waals surface area contributed by atoms with Crippen LogP contribution in [0.25, 0.3) is 0 Å². The van der Waals surface area contributed by atoms with E-state index in [0.29, 0.717) is 0 Å². The molecule has 0 aromatic carbocycles. The molecule has 2 heterocycles. The van der Waals surface area contributed by atoms with Gasteiger partial charge in [-0.25, -0.2) is 14.3 Å². The summed E-state index contributed by atoms with van der Waals surface area (Å²) < 4.78 is 7.23. The number of hydrogen-bond acceptors (Lipinski definition) is 6. The van der Waals surface area contributed by atoms with Crippen LogP contribution in [0.1, 0.15) is 27.8 Å². The molecule has 0 aliphatic heterocycles. The first kappa shape index (κ1) is 16.2. The molecule has 122 valence electrons. The topological polar surface area (TPSA) is 128 Å². The molecule has 0 saturated heterocycles. The van der Waals surface area contributed by atoms with E-state index in [1.807, 2.05) is 0 Å². The summed E-state index contributed by atoms with van der Waals surface area (Å²) in [5, 5.41) is 19.2. The maximum absolute atomic E-state index is 12.1. The molecule has 0 saturated carbocycles. The fourth-order valence-corrected chi connectivity index (χ4v) is 1.89. The third-order valence-electron chi connectivity index (χ3n) is 2.92. The maximum atomic E-state index is 12.1. The van der Waals surface area contributed by atoms with E-state index < -0.39 is 17.8 Å². The minimum Gasteiger partial charge on any atom is -0.477 e. The average Bonchev–Trinajstić information content (AvgIpc) is 3.07. The van der Waals surface area contributed by atoms with Gasteiger partial charge < -0.3 is 15.2 Å². The van der Waals surface area contributed by atoms with Crippen molar-refractivity contribution in [2.75, 3.05) is 11.9 Å². The van der Waals surface area contributed by atoms with Gasteiger partial charge in [-0.05, 0) is 13.0 Å². The van der Waals surface area contributed by atoms with Crippen LogP contribution in [-0.4, -0.2) is 49.1 Å². The second-order valence-corrected chi connectivity index (χ2v) is 4.48. The molecular formula is C13H15N5O5. The van der Waals surface area contributed by atoms with Crippen LogP contribution in [-0.2, 0) is 23.1 Å².